The van der Waals surface area contributed by atoms with Crippen LogP contribution in [0, 0.1) is 5.92 Å². The van der Waals surface area contributed by atoms with Crippen LogP contribution in [0.3, 0.4) is 0 Å². The van der Waals surface area contributed by atoms with Crippen molar-refractivity contribution in [2.75, 3.05) is 49.6 Å². The van der Waals surface area contributed by atoms with Crippen molar-refractivity contribution in [1.29, 1.82) is 0 Å². The smallest absolute Gasteiger partial charge is 0.253 e. The van der Waals surface area contributed by atoms with Gasteiger partial charge >= 0.3 is 0 Å². The zero-order chi connectivity index (χ0) is 20.7. The van der Waals surface area contributed by atoms with E-state index in [1.165, 1.54) is 0 Å². The summed E-state index contributed by atoms with van der Waals surface area (Å²) in [4.78, 5) is 31.7. The molecule has 2 aromatic carbocycles. The molecule has 2 amide bonds. The average Bonchev–Trinajstić information content (AvgIpc) is 3.57. The van der Waals surface area contributed by atoms with Crippen molar-refractivity contribution in [2.24, 2.45) is 5.92 Å². The number of ether oxygens (including phenoxy) is 1. The molecule has 1 saturated heterocycles. The lowest BCUT2D eigenvalue weighted by molar-refractivity contribution is -0.119. The van der Waals surface area contributed by atoms with E-state index in [2.05, 4.69) is 11.0 Å². The Balaban J connectivity index is 1.24. The van der Waals surface area contributed by atoms with Crippen molar-refractivity contribution in [3.63, 3.8) is 0 Å². The Bertz CT molecular complexity index is 977. The molecule has 156 valence electrons. The molecule has 2 aliphatic heterocycles. The Kier molecular flexibility index (Phi) is 4.85. The summed E-state index contributed by atoms with van der Waals surface area (Å²) in [5.41, 5.74) is 3.96. The van der Waals surface area contributed by atoms with Crippen LogP contribution in [-0.4, -0.2) is 56.5 Å². The first-order chi connectivity index (χ1) is 14.6. The van der Waals surface area contributed by atoms with Crippen LogP contribution in [0.15, 0.2) is 42.5 Å². The number of anilines is 2. The average molecular weight is 405 g/mol. The number of nitrogens with zero attached hydrogens (tertiary/aromatic N) is 3. The van der Waals surface area contributed by atoms with Gasteiger partial charge in [0.2, 0.25) is 5.91 Å². The van der Waals surface area contributed by atoms with Crippen LogP contribution in [-0.2, 0) is 11.2 Å². The van der Waals surface area contributed by atoms with E-state index in [0.29, 0.717) is 13.1 Å². The Hall–Kier alpha value is -3.02. The standard InChI is InChI=1S/C24H27N3O3/c1-30-21-4-2-3-20(16-21)25-11-13-26(14-12-25)23(28)19-7-8-22-18(15-19)9-10-27(22)24(29)17-5-6-17/h2-4,7-8,15-17H,5-6,9-14H2,1H3. The minimum absolute atomic E-state index is 0.0788. The first-order valence-electron chi connectivity index (χ1n) is 10.8. The van der Waals surface area contributed by atoms with Crippen molar-refractivity contribution < 1.29 is 14.3 Å². The van der Waals surface area contributed by atoms with Crippen LogP contribution in [0.1, 0.15) is 28.8 Å². The summed E-state index contributed by atoms with van der Waals surface area (Å²) in [5.74, 6) is 1.40. The lowest BCUT2D eigenvalue weighted by atomic mass is 10.1. The monoisotopic (exact) mass is 405 g/mol. The molecule has 0 unspecified atom stereocenters. The van der Waals surface area contributed by atoms with Gasteiger partial charge in [0.25, 0.3) is 5.91 Å². The maximum atomic E-state index is 13.1. The van der Waals surface area contributed by atoms with Gasteiger partial charge in [0, 0.05) is 61.6 Å². The molecular weight excluding hydrogens is 378 g/mol. The van der Waals surface area contributed by atoms with Crippen molar-refractivity contribution >= 4 is 23.2 Å². The molecule has 0 aromatic heterocycles. The zero-order valence-corrected chi connectivity index (χ0v) is 17.3. The molecule has 3 aliphatic rings. The highest BCUT2D eigenvalue weighted by Gasteiger charge is 2.36. The molecule has 1 aliphatic carbocycles. The van der Waals surface area contributed by atoms with Crippen molar-refractivity contribution in [3.8, 4) is 5.75 Å². The highest BCUT2D eigenvalue weighted by atomic mass is 16.5. The predicted octanol–water partition coefficient (Wildman–Crippen LogP) is 2.96. The number of piperazine rings is 1. The topological polar surface area (TPSA) is 53.1 Å². The molecular formula is C24H27N3O3. The van der Waals surface area contributed by atoms with E-state index < -0.39 is 0 Å². The van der Waals surface area contributed by atoms with Crippen LogP contribution in [0.4, 0.5) is 11.4 Å². The third-order valence-electron chi connectivity index (χ3n) is 6.40. The summed E-state index contributed by atoms with van der Waals surface area (Å²) in [7, 11) is 1.67. The molecule has 2 fully saturated rings. The number of carbonyl (C=O) groups is 2. The summed E-state index contributed by atoms with van der Waals surface area (Å²) in [5, 5.41) is 0. The Labute approximate surface area is 177 Å². The van der Waals surface area contributed by atoms with Crippen LogP contribution >= 0.6 is 0 Å². The minimum Gasteiger partial charge on any atom is -0.497 e. The van der Waals surface area contributed by atoms with Crippen molar-refractivity contribution in [1.82, 2.24) is 4.90 Å². The lowest BCUT2D eigenvalue weighted by Gasteiger charge is -2.36. The van der Waals surface area contributed by atoms with E-state index >= 15 is 0 Å². The summed E-state index contributed by atoms with van der Waals surface area (Å²) in [6.45, 7) is 3.72. The summed E-state index contributed by atoms with van der Waals surface area (Å²) < 4.78 is 5.32. The van der Waals surface area contributed by atoms with Gasteiger partial charge in [-0.1, -0.05) is 6.07 Å². The van der Waals surface area contributed by atoms with Gasteiger partial charge in [-0.3, -0.25) is 9.59 Å². The molecule has 6 nitrogen and oxygen atoms in total. The largest absolute Gasteiger partial charge is 0.497 e. The number of carbonyl (C=O) groups excluding carboxylic acids is 2. The SMILES string of the molecule is COc1cccc(N2CCN(C(=O)c3ccc4c(c3)CCN4C(=O)C3CC3)CC2)c1. The second-order valence-corrected chi connectivity index (χ2v) is 8.34. The first kappa shape index (κ1) is 19.0. The molecule has 0 spiro atoms. The summed E-state index contributed by atoms with van der Waals surface area (Å²) >= 11 is 0. The molecule has 0 N–H and O–H groups in total. The molecule has 0 radical (unpaired) electrons. The molecule has 6 heteroatoms. The van der Waals surface area contributed by atoms with E-state index in [-0.39, 0.29) is 17.7 Å². The number of fused-ring (bicyclic) bond motifs is 1. The van der Waals surface area contributed by atoms with E-state index in [1.807, 2.05) is 46.2 Å². The van der Waals surface area contributed by atoms with Crippen LogP contribution < -0.4 is 14.5 Å². The van der Waals surface area contributed by atoms with Gasteiger partial charge in [-0.05, 0) is 55.2 Å². The Morgan fingerprint density at radius 2 is 1.77 bits per heavy atom. The molecule has 0 bridgehead atoms. The second-order valence-electron chi connectivity index (χ2n) is 8.34. The molecule has 2 aromatic rings. The third kappa shape index (κ3) is 3.51. The number of rotatable bonds is 4. The van der Waals surface area contributed by atoms with Gasteiger partial charge < -0.3 is 19.4 Å². The second kappa shape index (κ2) is 7.67. The van der Waals surface area contributed by atoms with Crippen LogP contribution in [0.25, 0.3) is 0 Å². The number of methoxy groups -OCH3 is 1. The van der Waals surface area contributed by atoms with Crippen molar-refractivity contribution in [2.45, 2.75) is 19.3 Å². The maximum Gasteiger partial charge on any atom is 0.253 e. The van der Waals surface area contributed by atoms with Gasteiger partial charge in [0.1, 0.15) is 5.75 Å². The van der Waals surface area contributed by atoms with Gasteiger partial charge in [-0.25, -0.2) is 0 Å². The molecule has 1 saturated carbocycles. The molecule has 5 rings (SSSR count). The van der Waals surface area contributed by atoms with Crippen LogP contribution in [0.2, 0.25) is 0 Å². The van der Waals surface area contributed by atoms with E-state index in [0.717, 1.165) is 67.1 Å². The van der Waals surface area contributed by atoms with Crippen molar-refractivity contribution in [3.05, 3.63) is 53.6 Å². The fourth-order valence-corrected chi connectivity index (χ4v) is 4.47. The minimum atomic E-state index is 0.0788. The number of hydrogen-bond acceptors (Lipinski definition) is 4. The summed E-state index contributed by atoms with van der Waals surface area (Å²) in [6.07, 6.45) is 2.87. The van der Waals surface area contributed by atoms with Gasteiger partial charge in [0.15, 0.2) is 0 Å². The van der Waals surface area contributed by atoms with E-state index in [4.69, 9.17) is 4.74 Å². The van der Waals surface area contributed by atoms with Crippen LogP contribution in [0.5, 0.6) is 5.75 Å². The van der Waals surface area contributed by atoms with E-state index in [1.54, 1.807) is 7.11 Å². The van der Waals surface area contributed by atoms with E-state index in [9.17, 15) is 9.59 Å². The lowest BCUT2D eigenvalue weighted by Crippen LogP contribution is -2.48. The molecule has 30 heavy (non-hydrogen) atoms. The molecule has 2 heterocycles. The highest BCUT2D eigenvalue weighted by molar-refractivity contribution is 6.00. The highest BCUT2D eigenvalue weighted by Crippen LogP contribution is 2.37. The predicted molar refractivity (Wildman–Crippen MR) is 116 cm³/mol. The van der Waals surface area contributed by atoms with Gasteiger partial charge in [-0.2, -0.15) is 0 Å². The number of amides is 2. The van der Waals surface area contributed by atoms with Gasteiger partial charge in [0.05, 0.1) is 7.11 Å². The third-order valence-corrected chi connectivity index (χ3v) is 6.40. The Morgan fingerprint density at radius 1 is 0.967 bits per heavy atom. The maximum absolute atomic E-state index is 13.1. The zero-order valence-electron chi connectivity index (χ0n) is 17.3. The number of benzene rings is 2. The first-order valence-corrected chi connectivity index (χ1v) is 10.8. The summed E-state index contributed by atoms with van der Waals surface area (Å²) in [6, 6.07) is 13.9. The Morgan fingerprint density at radius 3 is 2.50 bits per heavy atom. The van der Waals surface area contributed by atoms with Gasteiger partial charge in [-0.15, -0.1) is 0 Å². The fourth-order valence-electron chi connectivity index (χ4n) is 4.47. The normalized spacial score (nSPS) is 18.4. The quantitative estimate of drug-likeness (QED) is 0.785. The number of hydrogen-bond donors (Lipinski definition) is 0. The fraction of sp³-hybridized carbons (Fsp3) is 0.417. The molecule has 0 atom stereocenters.